The summed E-state index contributed by atoms with van der Waals surface area (Å²) in [6.45, 7) is 11.9. The van der Waals surface area contributed by atoms with Crippen LogP contribution in [0.1, 0.15) is 79.6 Å². The fraction of sp³-hybridized carbons (Fsp3) is 0.417. The van der Waals surface area contributed by atoms with Crippen molar-refractivity contribution < 1.29 is 28.2 Å². The molecular weight excluding hydrogens is 636 g/mol. The molecule has 252 valence electrons. The number of amidine groups is 1. The number of hydrogen-bond donors (Lipinski definition) is 1. The minimum absolute atomic E-state index is 0.0849. The van der Waals surface area contributed by atoms with Gasteiger partial charge >= 0.3 is 0 Å². The number of amides is 2. The Morgan fingerprint density at radius 1 is 1.15 bits per heavy atom. The molecule has 3 aliphatic rings. The molecule has 3 aliphatic heterocycles. The number of phenolic OH excluding ortho intramolecular Hbond substituents is 1. The fourth-order valence-electron chi connectivity index (χ4n) is 6.92. The van der Waals surface area contributed by atoms with E-state index in [-0.39, 0.29) is 40.9 Å². The number of phenols is 1. The van der Waals surface area contributed by atoms with Crippen molar-refractivity contribution in [1.82, 2.24) is 19.8 Å². The zero-order chi connectivity index (χ0) is 34.3. The van der Waals surface area contributed by atoms with E-state index in [1.165, 1.54) is 36.0 Å². The summed E-state index contributed by atoms with van der Waals surface area (Å²) in [6, 6.07) is 6.70. The number of aromatic hydroxyl groups is 1. The van der Waals surface area contributed by atoms with E-state index < -0.39 is 34.9 Å². The third kappa shape index (κ3) is 6.11. The number of ether oxygens (including phenoxy) is 1. The summed E-state index contributed by atoms with van der Waals surface area (Å²) < 4.78 is 36.9. The molecule has 2 aromatic heterocycles. The Labute approximate surface area is 283 Å². The van der Waals surface area contributed by atoms with Gasteiger partial charge in [-0.2, -0.15) is 4.99 Å². The molecule has 1 N–H and O–H groups in total. The normalized spacial score (nSPS) is 20.1. The molecular formula is C36H39F2N5O4S. The minimum atomic E-state index is -1.06. The number of halogens is 2. The highest BCUT2D eigenvalue weighted by Gasteiger charge is 2.41. The number of carbonyl (C=O) groups is 2. The van der Waals surface area contributed by atoms with Gasteiger partial charge in [-0.1, -0.05) is 26.5 Å². The molecule has 9 nitrogen and oxygen atoms in total. The molecule has 1 aromatic carbocycles. The molecule has 2 saturated heterocycles. The number of nitrogens with zero attached hydrogens (tertiary/aromatic N) is 5. The Morgan fingerprint density at radius 2 is 1.90 bits per heavy atom. The molecule has 6 rings (SSSR count). The van der Waals surface area contributed by atoms with Crippen LogP contribution in [-0.4, -0.2) is 87.7 Å². The average Bonchev–Trinajstić information content (AvgIpc) is 3.08. The maximum atomic E-state index is 16.1. The van der Waals surface area contributed by atoms with E-state index in [0.717, 1.165) is 35.2 Å². The second kappa shape index (κ2) is 13.8. The highest BCUT2D eigenvalue weighted by atomic mass is 32.2. The summed E-state index contributed by atoms with van der Waals surface area (Å²) in [5.41, 5.74) is 2.01. The van der Waals surface area contributed by atoms with Crippen LogP contribution in [0.4, 0.5) is 8.78 Å². The molecule has 0 spiro atoms. The molecule has 5 heterocycles. The SMILES string of the molecule is C=CC(=O)N1CCN(C2=NC(=O)C(c3c(SC)cc(C4CCOCC4)nc3C(C)C)c3nc(-c4c(O)cccc4F)c(F)cc32)[C@@H](C)C1. The summed E-state index contributed by atoms with van der Waals surface area (Å²) in [7, 11) is 0. The third-order valence-electron chi connectivity index (χ3n) is 9.36. The van der Waals surface area contributed by atoms with Crippen molar-refractivity contribution in [3.8, 4) is 17.0 Å². The zero-order valence-electron chi connectivity index (χ0n) is 27.5. The number of hydrogen-bond acceptors (Lipinski definition) is 8. The van der Waals surface area contributed by atoms with Gasteiger partial charge in [0.1, 0.15) is 34.8 Å². The highest BCUT2D eigenvalue weighted by molar-refractivity contribution is 7.98. The Bertz CT molecular complexity index is 1790. The monoisotopic (exact) mass is 675 g/mol. The molecule has 2 amide bonds. The van der Waals surface area contributed by atoms with Crippen molar-refractivity contribution in [2.45, 2.75) is 62.3 Å². The lowest BCUT2D eigenvalue weighted by atomic mass is 9.84. The molecule has 0 bridgehead atoms. The van der Waals surface area contributed by atoms with Gasteiger partial charge in [0.05, 0.1) is 11.3 Å². The van der Waals surface area contributed by atoms with Crippen molar-refractivity contribution in [2.75, 3.05) is 39.1 Å². The van der Waals surface area contributed by atoms with Crippen molar-refractivity contribution in [3.05, 3.63) is 82.8 Å². The maximum absolute atomic E-state index is 16.1. The van der Waals surface area contributed by atoms with Gasteiger partial charge in [0.2, 0.25) is 5.91 Å². The largest absolute Gasteiger partial charge is 0.507 e. The highest BCUT2D eigenvalue weighted by Crippen LogP contribution is 2.44. The van der Waals surface area contributed by atoms with E-state index in [1.54, 1.807) is 4.90 Å². The zero-order valence-corrected chi connectivity index (χ0v) is 28.3. The Morgan fingerprint density at radius 3 is 2.54 bits per heavy atom. The van der Waals surface area contributed by atoms with E-state index >= 15 is 8.78 Å². The minimum Gasteiger partial charge on any atom is -0.507 e. The summed E-state index contributed by atoms with van der Waals surface area (Å²) in [4.78, 5) is 45.6. The van der Waals surface area contributed by atoms with Gasteiger partial charge < -0.3 is 19.6 Å². The molecule has 12 heteroatoms. The van der Waals surface area contributed by atoms with Crippen LogP contribution in [0.3, 0.4) is 0 Å². The number of thioether (sulfide) groups is 1. The predicted molar refractivity (Wildman–Crippen MR) is 180 cm³/mol. The van der Waals surface area contributed by atoms with E-state index in [2.05, 4.69) is 11.6 Å². The molecule has 48 heavy (non-hydrogen) atoms. The van der Waals surface area contributed by atoms with E-state index in [4.69, 9.17) is 14.7 Å². The number of fused-ring (bicyclic) bond motifs is 1. The van der Waals surface area contributed by atoms with Crippen LogP contribution in [-0.2, 0) is 14.3 Å². The topological polar surface area (TPSA) is 108 Å². The van der Waals surface area contributed by atoms with Crippen LogP contribution in [0.5, 0.6) is 5.75 Å². The van der Waals surface area contributed by atoms with Gasteiger partial charge in [0.15, 0.2) is 0 Å². The Balaban J connectivity index is 1.56. The lowest BCUT2D eigenvalue weighted by molar-refractivity contribution is -0.128. The molecule has 1 unspecified atom stereocenters. The Kier molecular flexibility index (Phi) is 9.67. The van der Waals surface area contributed by atoms with Gasteiger partial charge in [-0.15, -0.1) is 11.8 Å². The van der Waals surface area contributed by atoms with Gasteiger partial charge in [-0.25, -0.2) is 13.8 Å². The predicted octanol–water partition coefficient (Wildman–Crippen LogP) is 6.00. The summed E-state index contributed by atoms with van der Waals surface area (Å²) in [5, 5.41) is 10.6. The second-order valence-electron chi connectivity index (χ2n) is 12.7. The first-order chi connectivity index (χ1) is 23.0. The first kappa shape index (κ1) is 33.7. The summed E-state index contributed by atoms with van der Waals surface area (Å²) in [6.07, 6.45) is 4.89. The molecule has 2 fully saturated rings. The molecule has 2 atom stereocenters. The van der Waals surface area contributed by atoms with Gasteiger partial charge in [-0.05, 0) is 62.3 Å². The van der Waals surface area contributed by atoms with Crippen LogP contribution in [0.2, 0.25) is 0 Å². The van der Waals surface area contributed by atoms with Crippen molar-refractivity contribution in [2.24, 2.45) is 4.99 Å². The lowest BCUT2D eigenvalue weighted by Gasteiger charge is -2.42. The van der Waals surface area contributed by atoms with Crippen molar-refractivity contribution in [1.29, 1.82) is 0 Å². The van der Waals surface area contributed by atoms with Crippen LogP contribution < -0.4 is 0 Å². The molecule has 0 saturated carbocycles. The second-order valence-corrected chi connectivity index (χ2v) is 13.6. The first-order valence-electron chi connectivity index (χ1n) is 16.2. The lowest BCUT2D eigenvalue weighted by Crippen LogP contribution is -2.56. The number of aromatic nitrogens is 2. The molecule has 0 radical (unpaired) electrons. The smallest absolute Gasteiger partial charge is 0.261 e. The number of benzene rings is 1. The number of carbonyl (C=O) groups excluding carboxylic acids is 2. The van der Waals surface area contributed by atoms with Crippen LogP contribution in [0.15, 0.2) is 52.9 Å². The van der Waals surface area contributed by atoms with Crippen LogP contribution in [0.25, 0.3) is 11.3 Å². The molecule has 3 aromatic rings. The van der Waals surface area contributed by atoms with Crippen molar-refractivity contribution in [3.63, 3.8) is 0 Å². The molecule has 0 aliphatic carbocycles. The summed E-state index contributed by atoms with van der Waals surface area (Å²) in [5.74, 6) is -3.59. The quantitative estimate of drug-likeness (QED) is 0.250. The number of rotatable bonds is 6. The summed E-state index contributed by atoms with van der Waals surface area (Å²) >= 11 is 1.49. The standard InChI is InChI=1S/C36H39F2N5O4S/c1-6-28(45)42-12-13-43(20(4)18-42)35-22-16-24(38)34(29-23(37)8-7-9-26(29)44)40-33(22)31(36(46)41-35)30-27(48-5)17-25(39-32(30)19(2)3)21-10-14-47-15-11-21/h6-9,16-17,19-21,31,44H,1,10-15,18H2,2-5H3/t20-,31?/m0/s1. The van der Waals surface area contributed by atoms with Crippen molar-refractivity contribution >= 4 is 29.4 Å². The van der Waals surface area contributed by atoms with Crippen LogP contribution >= 0.6 is 11.8 Å². The van der Waals surface area contributed by atoms with Gasteiger partial charge in [0, 0.05) is 72.2 Å². The van der Waals surface area contributed by atoms with Gasteiger partial charge in [-0.3, -0.25) is 14.6 Å². The fourth-order valence-corrected chi connectivity index (χ4v) is 7.60. The van der Waals surface area contributed by atoms with E-state index in [0.29, 0.717) is 44.0 Å². The number of piperazine rings is 1. The van der Waals surface area contributed by atoms with Crippen LogP contribution in [0, 0.1) is 11.6 Å². The third-order valence-corrected chi connectivity index (χ3v) is 10.1. The number of pyridine rings is 2. The van der Waals surface area contributed by atoms with E-state index in [9.17, 15) is 14.7 Å². The first-order valence-corrected chi connectivity index (χ1v) is 17.4. The number of aliphatic imine (C=N–C) groups is 1. The maximum Gasteiger partial charge on any atom is 0.261 e. The van der Waals surface area contributed by atoms with E-state index in [1.807, 2.05) is 38.0 Å². The Hall–Kier alpha value is -4.16. The average molecular weight is 676 g/mol. The van der Waals surface area contributed by atoms with Gasteiger partial charge in [0.25, 0.3) is 5.91 Å².